The lowest BCUT2D eigenvalue weighted by molar-refractivity contribution is -0.112. The van der Waals surface area contributed by atoms with Gasteiger partial charge in [0, 0.05) is 11.4 Å². The second-order valence-corrected chi connectivity index (χ2v) is 9.64. The number of benzene rings is 3. The van der Waals surface area contributed by atoms with Crippen LogP contribution < -0.4 is 10.6 Å². The smallest absolute Gasteiger partial charge is 0.380 e. The molecule has 0 aromatic heterocycles. The number of hydrogen-bond donors (Lipinski definition) is 3. The zero-order valence-corrected chi connectivity index (χ0v) is 21.1. The van der Waals surface area contributed by atoms with Crippen molar-refractivity contribution < 1.29 is 23.1 Å². The van der Waals surface area contributed by atoms with E-state index in [1.165, 1.54) is 18.2 Å². The minimum Gasteiger partial charge on any atom is -0.380 e. The van der Waals surface area contributed by atoms with E-state index in [2.05, 4.69) is 17.2 Å². The maximum Gasteiger partial charge on any atom is 0.415 e. The largest absolute Gasteiger partial charge is 0.415 e. The van der Waals surface area contributed by atoms with Crippen LogP contribution >= 0.6 is 0 Å². The van der Waals surface area contributed by atoms with Crippen LogP contribution in [0.3, 0.4) is 0 Å². The first-order chi connectivity index (χ1) is 18.6. The molecular formula is C31H28F3N3O2. The topological polar surface area (TPSA) is 85.2 Å². The van der Waals surface area contributed by atoms with Gasteiger partial charge in [0.05, 0.1) is 17.2 Å². The highest BCUT2D eigenvalue weighted by molar-refractivity contribution is 6.06. The van der Waals surface area contributed by atoms with Gasteiger partial charge in [-0.05, 0) is 66.3 Å². The van der Waals surface area contributed by atoms with Crippen molar-refractivity contribution in [2.24, 2.45) is 5.92 Å². The molecule has 39 heavy (non-hydrogen) atoms. The average molecular weight is 532 g/mol. The summed E-state index contributed by atoms with van der Waals surface area (Å²) in [5.41, 5.74) is -0.819. The molecule has 4 rings (SSSR count). The van der Waals surface area contributed by atoms with Crippen molar-refractivity contribution in [1.82, 2.24) is 0 Å². The summed E-state index contributed by atoms with van der Waals surface area (Å²) in [6.07, 6.45) is -0.497. The molecule has 1 unspecified atom stereocenters. The van der Waals surface area contributed by atoms with Gasteiger partial charge in [-0.25, -0.2) is 0 Å². The highest BCUT2D eigenvalue weighted by Gasteiger charge is 2.35. The normalized spacial score (nSPS) is 15.1. The summed E-state index contributed by atoms with van der Waals surface area (Å²) in [5.74, 6) is -0.260. The van der Waals surface area contributed by atoms with E-state index in [1.54, 1.807) is 30.3 Å². The van der Waals surface area contributed by atoms with Crippen LogP contribution in [-0.4, -0.2) is 17.2 Å². The van der Waals surface area contributed by atoms with E-state index in [9.17, 15) is 23.1 Å². The number of carbonyl (C=O) groups is 1. The Balaban J connectivity index is 1.63. The molecular weight excluding hydrogens is 503 g/mol. The van der Waals surface area contributed by atoms with Crippen LogP contribution in [0.5, 0.6) is 0 Å². The van der Waals surface area contributed by atoms with Crippen LogP contribution in [0.25, 0.3) is 0 Å². The van der Waals surface area contributed by atoms with Crippen molar-refractivity contribution in [2.75, 3.05) is 10.6 Å². The van der Waals surface area contributed by atoms with Gasteiger partial charge in [-0.15, -0.1) is 0 Å². The Bertz CT molecular complexity index is 1420. The Morgan fingerprint density at radius 2 is 1.62 bits per heavy atom. The fourth-order valence-electron chi connectivity index (χ4n) is 4.28. The third-order valence-electron chi connectivity index (χ3n) is 6.66. The number of carbonyl (C=O) groups excluding carboxylic acids is 1. The molecule has 0 aliphatic heterocycles. The molecule has 1 saturated carbocycles. The van der Waals surface area contributed by atoms with E-state index < -0.39 is 29.0 Å². The molecule has 1 atom stereocenters. The molecule has 0 spiro atoms. The van der Waals surface area contributed by atoms with E-state index in [0.29, 0.717) is 29.7 Å². The van der Waals surface area contributed by atoms with Gasteiger partial charge in [0.25, 0.3) is 5.91 Å². The predicted octanol–water partition coefficient (Wildman–Crippen LogP) is 7.04. The van der Waals surface area contributed by atoms with Gasteiger partial charge >= 0.3 is 6.18 Å². The first kappa shape index (κ1) is 27.7. The van der Waals surface area contributed by atoms with Crippen LogP contribution in [0.4, 0.5) is 24.5 Å². The molecule has 8 heteroatoms. The molecule has 3 aromatic rings. The number of allylic oxidation sites excluding steroid dienone is 2. The van der Waals surface area contributed by atoms with E-state index in [-0.39, 0.29) is 11.3 Å². The summed E-state index contributed by atoms with van der Waals surface area (Å²) < 4.78 is 39.8. The summed E-state index contributed by atoms with van der Waals surface area (Å²) in [7, 11) is 0. The van der Waals surface area contributed by atoms with E-state index >= 15 is 0 Å². The van der Waals surface area contributed by atoms with Crippen LogP contribution in [0, 0.1) is 17.2 Å². The van der Waals surface area contributed by atoms with Gasteiger partial charge in [0.15, 0.2) is 0 Å². The monoisotopic (exact) mass is 531 g/mol. The number of amides is 1. The highest BCUT2D eigenvalue weighted by atomic mass is 19.4. The number of alkyl halides is 3. The molecule has 200 valence electrons. The fourth-order valence-corrected chi connectivity index (χ4v) is 4.28. The Kier molecular flexibility index (Phi) is 8.22. The second kappa shape index (κ2) is 11.6. The van der Waals surface area contributed by atoms with Crippen molar-refractivity contribution in [3.63, 3.8) is 0 Å². The van der Waals surface area contributed by atoms with Gasteiger partial charge in [-0.1, -0.05) is 68.0 Å². The number of rotatable bonds is 10. The molecule has 0 radical (unpaired) electrons. The Hall–Kier alpha value is -4.35. The predicted molar refractivity (Wildman–Crippen MR) is 145 cm³/mol. The van der Waals surface area contributed by atoms with Crippen molar-refractivity contribution in [3.8, 4) is 6.07 Å². The lowest BCUT2D eigenvalue weighted by Gasteiger charge is -2.30. The second-order valence-electron chi connectivity index (χ2n) is 9.64. The summed E-state index contributed by atoms with van der Waals surface area (Å²) in [5, 5.41) is 26.3. The SMILES string of the molecule is C=C(/C=C(\Nc1cccc(C#N)c1)C(=O)Nc1cccc(C(O)(CCC2CC2)c2ccccc2)c1)C(F)(F)F. The number of nitriles is 1. The fraction of sp³-hybridized carbons (Fsp3) is 0.226. The third-order valence-corrected chi connectivity index (χ3v) is 6.66. The van der Waals surface area contributed by atoms with Gasteiger partial charge in [-0.2, -0.15) is 18.4 Å². The van der Waals surface area contributed by atoms with Gasteiger partial charge in [0.1, 0.15) is 11.3 Å². The highest BCUT2D eigenvalue weighted by Crippen LogP contribution is 2.41. The number of anilines is 2. The number of hydrogen-bond acceptors (Lipinski definition) is 4. The average Bonchev–Trinajstić information content (AvgIpc) is 3.76. The molecule has 3 N–H and O–H groups in total. The standard InChI is InChI=1S/C31H28F3N3O2/c1-21(31(32,33)34)17-28(36-26-11-5-7-23(18-26)20-35)29(38)37-27-12-6-10-25(19-27)30(39,16-15-22-13-14-22)24-8-3-2-4-9-24/h2-12,17-19,22,36,39H,1,13-16H2,(H,37,38)/b28-17-. The molecule has 1 amide bonds. The number of aliphatic hydroxyl groups is 1. The lowest BCUT2D eigenvalue weighted by atomic mass is 9.82. The Morgan fingerprint density at radius 1 is 0.974 bits per heavy atom. The third kappa shape index (κ3) is 7.15. The molecule has 0 heterocycles. The summed E-state index contributed by atoms with van der Waals surface area (Å²) >= 11 is 0. The first-order valence-corrected chi connectivity index (χ1v) is 12.5. The molecule has 5 nitrogen and oxygen atoms in total. The molecule has 0 bridgehead atoms. The van der Waals surface area contributed by atoms with Crippen molar-refractivity contribution >= 4 is 17.3 Å². The van der Waals surface area contributed by atoms with Gasteiger partial charge < -0.3 is 15.7 Å². The Labute approximate surface area is 225 Å². The number of nitrogens with one attached hydrogen (secondary N) is 2. The molecule has 1 fully saturated rings. The van der Waals surface area contributed by atoms with Crippen LogP contribution in [-0.2, 0) is 10.4 Å². The zero-order valence-electron chi connectivity index (χ0n) is 21.1. The number of nitrogens with zero attached hydrogens (tertiary/aromatic N) is 1. The van der Waals surface area contributed by atoms with E-state index in [4.69, 9.17) is 5.26 Å². The quantitative estimate of drug-likeness (QED) is 0.194. The maximum atomic E-state index is 13.3. The van der Waals surface area contributed by atoms with E-state index in [1.807, 2.05) is 36.4 Å². The summed E-state index contributed by atoms with van der Waals surface area (Å²) in [6.45, 7) is 3.04. The zero-order chi connectivity index (χ0) is 28.0. The number of halogens is 3. The van der Waals surface area contributed by atoms with Crippen LogP contribution in [0.1, 0.15) is 42.4 Å². The van der Waals surface area contributed by atoms with Crippen molar-refractivity contribution in [1.29, 1.82) is 5.26 Å². The van der Waals surface area contributed by atoms with Gasteiger partial charge in [-0.3, -0.25) is 4.79 Å². The van der Waals surface area contributed by atoms with Crippen LogP contribution in [0.15, 0.2) is 103 Å². The summed E-state index contributed by atoms with van der Waals surface area (Å²) in [6, 6.07) is 23.9. The van der Waals surface area contributed by atoms with E-state index in [0.717, 1.165) is 24.8 Å². The maximum absolute atomic E-state index is 13.3. The first-order valence-electron chi connectivity index (χ1n) is 12.5. The van der Waals surface area contributed by atoms with Crippen molar-refractivity contribution in [3.05, 3.63) is 119 Å². The van der Waals surface area contributed by atoms with Crippen LogP contribution in [0.2, 0.25) is 0 Å². The summed E-state index contributed by atoms with van der Waals surface area (Å²) in [4.78, 5) is 13.2. The lowest BCUT2D eigenvalue weighted by Crippen LogP contribution is -2.28. The molecule has 1 aliphatic carbocycles. The molecule has 0 saturated heterocycles. The Morgan fingerprint density at radius 3 is 2.26 bits per heavy atom. The minimum atomic E-state index is -4.74. The minimum absolute atomic E-state index is 0.262. The molecule has 1 aliphatic rings. The van der Waals surface area contributed by atoms with Crippen molar-refractivity contribution in [2.45, 2.75) is 37.5 Å². The van der Waals surface area contributed by atoms with Gasteiger partial charge in [0.2, 0.25) is 0 Å². The molecule has 3 aromatic carbocycles.